The SMILES string of the molecule is [2H]C[Si](C)(C)c1ccccc1O. The van der Waals surface area contributed by atoms with Crippen molar-refractivity contribution in [3.05, 3.63) is 24.3 Å². The molecule has 0 saturated carbocycles. The first-order valence-corrected chi connectivity index (χ1v) is 6.86. The number of phenolic OH excluding ortho intramolecular Hbond substituents is 1. The normalized spacial score (nSPS) is 12.7. The topological polar surface area (TPSA) is 20.2 Å². The van der Waals surface area contributed by atoms with E-state index in [-0.39, 0.29) is 0 Å². The summed E-state index contributed by atoms with van der Waals surface area (Å²) in [6.45, 7) is 4.61. The molecule has 0 atom stereocenters. The Morgan fingerprint density at radius 3 is 2.55 bits per heavy atom. The van der Waals surface area contributed by atoms with Gasteiger partial charge in [-0.2, -0.15) is 0 Å². The zero-order valence-corrected chi connectivity index (χ0v) is 7.96. The van der Waals surface area contributed by atoms with Crippen LogP contribution in [0.25, 0.3) is 0 Å². The molecule has 0 fully saturated rings. The van der Waals surface area contributed by atoms with Crippen LogP contribution < -0.4 is 5.19 Å². The second kappa shape index (κ2) is 2.70. The zero-order chi connectivity index (χ0) is 9.19. The van der Waals surface area contributed by atoms with E-state index >= 15 is 0 Å². The van der Waals surface area contributed by atoms with Gasteiger partial charge in [-0.15, -0.1) is 0 Å². The molecule has 0 aliphatic carbocycles. The molecule has 0 spiro atoms. The van der Waals surface area contributed by atoms with Crippen molar-refractivity contribution >= 4 is 13.3 Å². The van der Waals surface area contributed by atoms with E-state index < -0.39 is 8.07 Å². The Hall–Kier alpha value is -0.763. The molecule has 0 bridgehead atoms. The van der Waals surface area contributed by atoms with Crippen molar-refractivity contribution in [1.82, 2.24) is 0 Å². The Morgan fingerprint density at radius 1 is 1.36 bits per heavy atom. The first-order chi connectivity index (χ1) is 5.58. The molecule has 1 nitrogen and oxygen atoms in total. The summed E-state index contributed by atoms with van der Waals surface area (Å²) in [5, 5.41) is 10.5. The molecule has 1 N–H and O–H groups in total. The Bertz CT molecular complexity index is 273. The van der Waals surface area contributed by atoms with Crippen LogP contribution in [0.2, 0.25) is 19.6 Å². The average molecular weight is 167 g/mol. The van der Waals surface area contributed by atoms with Crippen molar-refractivity contribution in [2.45, 2.75) is 19.6 Å². The molecule has 0 amide bonds. The molecular formula is C9H14OSi. The summed E-state index contributed by atoms with van der Waals surface area (Å²) in [5.41, 5.74) is 0. The van der Waals surface area contributed by atoms with Gasteiger partial charge in [-0.05, 0) is 11.3 Å². The monoisotopic (exact) mass is 167 g/mol. The number of hydrogen-bond donors (Lipinski definition) is 1. The van der Waals surface area contributed by atoms with Crippen molar-refractivity contribution < 1.29 is 6.48 Å². The molecule has 1 rings (SSSR count). The minimum atomic E-state index is -1.68. The van der Waals surface area contributed by atoms with E-state index in [1.807, 2.05) is 18.2 Å². The summed E-state index contributed by atoms with van der Waals surface area (Å²) in [6.07, 6.45) is 0. The van der Waals surface area contributed by atoms with E-state index in [1.165, 1.54) is 0 Å². The Morgan fingerprint density at radius 2 is 2.00 bits per heavy atom. The molecular weight excluding hydrogens is 152 g/mol. The molecule has 0 aromatic heterocycles. The molecule has 0 aliphatic heterocycles. The molecule has 1 aromatic rings. The van der Waals surface area contributed by atoms with Gasteiger partial charge in [0.1, 0.15) is 5.75 Å². The van der Waals surface area contributed by atoms with Gasteiger partial charge in [-0.1, -0.05) is 37.8 Å². The van der Waals surface area contributed by atoms with Crippen LogP contribution in [-0.2, 0) is 0 Å². The summed E-state index contributed by atoms with van der Waals surface area (Å²) >= 11 is 0. The van der Waals surface area contributed by atoms with Crippen molar-refractivity contribution in [2.75, 3.05) is 0 Å². The highest BCUT2D eigenvalue weighted by atomic mass is 28.3. The van der Waals surface area contributed by atoms with Gasteiger partial charge in [0.25, 0.3) is 0 Å². The van der Waals surface area contributed by atoms with Gasteiger partial charge in [0.05, 0.1) is 8.07 Å². The minimum Gasteiger partial charge on any atom is -0.508 e. The van der Waals surface area contributed by atoms with Crippen molar-refractivity contribution in [2.24, 2.45) is 0 Å². The summed E-state index contributed by atoms with van der Waals surface area (Å²) in [6, 6.07) is 7.35. The fourth-order valence-corrected chi connectivity index (χ4v) is 2.37. The molecule has 0 saturated heterocycles. The van der Waals surface area contributed by atoms with Crippen LogP contribution in [0.5, 0.6) is 5.75 Å². The van der Waals surface area contributed by atoms with Gasteiger partial charge < -0.3 is 5.11 Å². The average Bonchev–Trinajstić information content (AvgIpc) is 2.05. The first-order valence-electron chi connectivity index (χ1n) is 4.36. The molecule has 0 heterocycles. The van der Waals surface area contributed by atoms with Crippen LogP contribution in [0, 0.1) is 0 Å². The third-order valence-corrected chi connectivity index (χ3v) is 3.51. The predicted octanol–water partition coefficient (Wildman–Crippen LogP) is 1.94. The van der Waals surface area contributed by atoms with Gasteiger partial charge in [0.15, 0.2) is 0 Å². The van der Waals surface area contributed by atoms with Crippen LogP contribution in [0.4, 0.5) is 0 Å². The number of aromatic hydroxyl groups is 1. The quantitative estimate of drug-likeness (QED) is 0.634. The maximum Gasteiger partial charge on any atom is 0.114 e. The molecule has 1 aromatic carbocycles. The summed E-state index contributed by atoms with van der Waals surface area (Å²) in [4.78, 5) is 0. The number of phenols is 1. The maximum absolute atomic E-state index is 9.53. The highest BCUT2D eigenvalue weighted by Crippen LogP contribution is 2.11. The lowest BCUT2D eigenvalue weighted by Crippen LogP contribution is -2.37. The molecule has 2 heteroatoms. The Labute approximate surface area is 70.1 Å². The minimum absolute atomic E-state index is 0.349. The highest BCUT2D eigenvalue weighted by molar-refractivity contribution is 6.89. The van der Waals surface area contributed by atoms with Gasteiger partial charge in [-0.3, -0.25) is 0 Å². The van der Waals surface area contributed by atoms with E-state index in [0.29, 0.717) is 12.3 Å². The summed E-state index contributed by atoms with van der Waals surface area (Å²) in [7, 11) is -1.68. The summed E-state index contributed by atoms with van der Waals surface area (Å²) < 4.78 is 7.39. The largest absolute Gasteiger partial charge is 0.508 e. The lowest BCUT2D eigenvalue weighted by molar-refractivity contribution is 0.479. The fraction of sp³-hybridized carbons (Fsp3) is 0.333. The lowest BCUT2D eigenvalue weighted by Gasteiger charge is -2.17. The second-order valence-corrected chi connectivity index (χ2v) is 7.71. The summed E-state index contributed by atoms with van der Waals surface area (Å²) in [5.74, 6) is 0.349. The maximum atomic E-state index is 9.53. The number of hydrogen-bond acceptors (Lipinski definition) is 1. The van der Waals surface area contributed by atoms with Crippen LogP contribution in [0.3, 0.4) is 0 Å². The first kappa shape index (κ1) is 6.92. The number of rotatable bonds is 1. The van der Waals surface area contributed by atoms with E-state index in [4.69, 9.17) is 1.37 Å². The van der Waals surface area contributed by atoms with Crippen LogP contribution in [-0.4, -0.2) is 13.2 Å². The molecule has 11 heavy (non-hydrogen) atoms. The molecule has 0 unspecified atom stereocenters. The van der Waals surface area contributed by atoms with E-state index in [2.05, 4.69) is 13.1 Å². The second-order valence-electron chi connectivity index (χ2n) is 3.40. The van der Waals surface area contributed by atoms with Crippen molar-refractivity contribution in [3.63, 3.8) is 0 Å². The predicted molar refractivity (Wildman–Crippen MR) is 51.1 cm³/mol. The number of benzene rings is 1. The van der Waals surface area contributed by atoms with Crippen molar-refractivity contribution in [3.8, 4) is 5.75 Å². The van der Waals surface area contributed by atoms with Gasteiger partial charge >= 0.3 is 0 Å². The van der Waals surface area contributed by atoms with E-state index in [0.717, 1.165) is 5.19 Å². The molecule has 60 valence electrons. The standard InChI is InChI=1S/C9H14OSi/c1-11(2,3)9-7-5-4-6-8(9)10/h4-7,10H,1-3H3/i1D. The van der Waals surface area contributed by atoms with Crippen molar-refractivity contribution in [1.29, 1.82) is 0 Å². The number of para-hydroxylation sites is 1. The molecule has 0 aliphatic rings. The smallest absolute Gasteiger partial charge is 0.114 e. The van der Waals surface area contributed by atoms with Gasteiger partial charge in [0.2, 0.25) is 0 Å². The van der Waals surface area contributed by atoms with E-state index in [9.17, 15) is 5.11 Å². The third-order valence-electron chi connectivity index (χ3n) is 1.63. The van der Waals surface area contributed by atoms with Crippen LogP contribution in [0.1, 0.15) is 1.37 Å². The Balaban J connectivity index is 3.10. The fourth-order valence-electron chi connectivity index (χ4n) is 1.05. The Kier molecular flexibility index (Phi) is 1.70. The van der Waals surface area contributed by atoms with Crippen LogP contribution in [0.15, 0.2) is 24.3 Å². The molecule has 0 radical (unpaired) electrons. The third kappa shape index (κ3) is 1.83. The van der Waals surface area contributed by atoms with E-state index in [1.54, 1.807) is 6.07 Å². The van der Waals surface area contributed by atoms with Gasteiger partial charge in [-0.25, -0.2) is 0 Å². The zero-order valence-electron chi connectivity index (χ0n) is 7.96. The van der Waals surface area contributed by atoms with Crippen LogP contribution >= 0.6 is 0 Å². The highest BCUT2D eigenvalue weighted by Gasteiger charge is 2.18. The lowest BCUT2D eigenvalue weighted by atomic mass is 10.3. The van der Waals surface area contributed by atoms with Gasteiger partial charge in [0, 0.05) is 1.37 Å².